The number of aryl methyl sites for hydroxylation is 1. The van der Waals surface area contributed by atoms with Gasteiger partial charge in [-0.2, -0.15) is 0 Å². The van der Waals surface area contributed by atoms with Gasteiger partial charge in [-0.1, -0.05) is 48.3 Å². The van der Waals surface area contributed by atoms with Crippen LogP contribution in [0.25, 0.3) is 0 Å². The van der Waals surface area contributed by atoms with Crippen LogP contribution in [0.5, 0.6) is 0 Å². The number of anilines is 1. The lowest BCUT2D eigenvalue weighted by Crippen LogP contribution is -2.32. The lowest BCUT2D eigenvalue weighted by atomic mass is 9.98. The third-order valence-corrected chi connectivity index (χ3v) is 6.28. The predicted molar refractivity (Wildman–Crippen MR) is 118 cm³/mol. The molecule has 3 rings (SSSR count). The molecule has 0 saturated carbocycles. The molecule has 1 aliphatic rings. The maximum atomic E-state index is 12.3. The molecule has 0 radical (unpaired) electrons. The molecule has 1 heterocycles. The largest absolute Gasteiger partial charge is 0.372 e. The number of carbonyl (C=O) groups excluding carboxylic acids is 1. The highest BCUT2D eigenvalue weighted by atomic mass is 35.5. The molecule has 1 atom stereocenters. The van der Waals surface area contributed by atoms with Gasteiger partial charge in [0.15, 0.2) is 0 Å². The highest BCUT2D eigenvalue weighted by molar-refractivity contribution is 6.42. The molecule has 2 aromatic carbocycles. The maximum Gasteiger partial charge on any atom is 0.220 e. The topological polar surface area (TPSA) is 32.3 Å². The zero-order chi connectivity index (χ0) is 20.1. The van der Waals surface area contributed by atoms with E-state index in [2.05, 4.69) is 41.4 Å². The third kappa shape index (κ3) is 5.65. The van der Waals surface area contributed by atoms with Gasteiger partial charge < -0.3 is 10.2 Å². The van der Waals surface area contributed by atoms with Crippen molar-refractivity contribution in [2.24, 2.45) is 5.92 Å². The van der Waals surface area contributed by atoms with Crippen LogP contribution in [0.3, 0.4) is 0 Å². The monoisotopic (exact) mass is 418 g/mol. The Balaban J connectivity index is 1.50. The SMILES string of the molecule is CC1CCN(c2ccc(C(C)NC(=O)CCc3ccc(Cl)c(Cl)c3)cc2)CC1. The average molecular weight is 419 g/mol. The molecule has 150 valence electrons. The predicted octanol–water partition coefficient (Wildman–Crippen LogP) is 6.04. The summed E-state index contributed by atoms with van der Waals surface area (Å²) in [6.07, 6.45) is 3.58. The van der Waals surface area contributed by atoms with Crippen molar-refractivity contribution < 1.29 is 4.79 Å². The second kappa shape index (κ2) is 9.67. The van der Waals surface area contributed by atoms with Crippen molar-refractivity contribution >= 4 is 34.8 Å². The summed E-state index contributed by atoms with van der Waals surface area (Å²) in [6.45, 7) is 6.60. The molecule has 1 unspecified atom stereocenters. The summed E-state index contributed by atoms with van der Waals surface area (Å²) in [5.74, 6) is 0.863. The fourth-order valence-corrected chi connectivity index (χ4v) is 3.91. The quantitative estimate of drug-likeness (QED) is 0.619. The van der Waals surface area contributed by atoms with Crippen LogP contribution in [0, 0.1) is 5.92 Å². The van der Waals surface area contributed by atoms with Gasteiger partial charge in [-0.3, -0.25) is 4.79 Å². The number of nitrogens with one attached hydrogen (secondary N) is 1. The summed E-state index contributed by atoms with van der Waals surface area (Å²) in [7, 11) is 0. The Morgan fingerprint density at radius 1 is 1.11 bits per heavy atom. The van der Waals surface area contributed by atoms with Crippen molar-refractivity contribution in [2.75, 3.05) is 18.0 Å². The number of piperidine rings is 1. The van der Waals surface area contributed by atoms with Crippen molar-refractivity contribution in [3.8, 4) is 0 Å². The maximum absolute atomic E-state index is 12.3. The molecule has 3 nitrogen and oxygen atoms in total. The van der Waals surface area contributed by atoms with E-state index >= 15 is 0 Å². The van der Waals surface area contributed by atoms with Crippen LogP contribution in [0.15, 0.2) is 42.5 Å². The number of halogens is 2. The number of rotatable bonds is 6. The van der Waals surface area contributed by atoms with Gasteiger partial charge in [-0.25, -0.2) is 0 Å². The van der Waals surface area contributed by atoms with E-state index in [9.17, 15) is 4.79 Å². The molecule has 5 heteroatoms. The Kier molecular flexibility index (Phi) is 7.25. The summed E-state index contributed by atoms with van der Waals surface area (Å²) in [4.78, 5) is 14.8. The zero-order valence-corrected chi connectivity index (χ0v) is 18.1. The van der Waals surface area contributed by atoms with Gasteiger partial charge in [-0.15, -0.1) is 0 Å². The van der Waals surface area contributed by atoms with Gasteiger partial charge >= 0.3 is 0 Å². The molecule has 2 aromatic rings. The van der Waals surface area contributed by atoms with Gasteiger partial charge in [0.1, 0.15) is 0 Å². The van der Waals surface area contributed by atoms with E-state index in [0.717, 1.165) is 30.1 Å². The Bertz CT molecular complexity index is 799. The minimum Gasteiger partial charge on any atom is -0.372 e. The second-order valence-electron chi connectivity index (χ2n) is 7.80. The molecule has 1 aliphatic heterocycles. The fraction of sp³-hybridized carbons (Fsp3) is 0.435. The molecule has 1 amide bonds. The first kappa shape index (κ1) is 21.0. The first-order valence-corrected chi connectivity index (χ1v) is 10.8. The Morgan fingerprint density at radius 3 is 2.43 bits per heavy atom. The summed E-state index contributed by atoms with van der Waals surface area (Å²) in [5, 5.41) is 4.14. The third-order valence-electron chi connectivity index (χ3n) is 5.54. The van der Waals surface area contributed by atoms with Gasteiger partial charge in [0.25, 0.3) is 0 Å². The molecule has 0 bridgehead atoms. The van der Waals surface area contributed by atoms with Crippen LogP contribution in [0.4, 0.5) is 5.69 Å². The lowest BCUT2D eigenvalue weighted by Gasteiger charge is -2.32. The van der Waals surface area contributed by atoms with E-state index < -0.39 is 0 Å². The molecule has 0 aliphatic carbocycles. The normalized spacial score (nSPS) is 16.1. The van der Waals surface area contributed by atoms with Gasteiger partial charge in [-0.05, 0) is 67.5 Å². The minimum atomic E-state index is -0.0169. The molecule has 1 fully saturated rings. The lowest BCUT2D eigenvalue weighted by molar-refractivity contribution is -0.121. The van der Waals surface area contributed by atoms with Gasteiger partial charge in [0.2, 0.25) is 5.91 Å². The van der Waals surface area contributed by atoms with E-state index in [-0.39, 0.29) is 11.9 Å². The van der Waals surface area contributed by atoms with Crippen LogP contribution in [0.1, 0.15) is 50.3 Å². The van der Waals surface area contributed by atoms with E-state index in [1.54, 1.807) is 6.07 Å². The van der Waals surface area contributed by atoms with Crippen molar-refractivity contribution in [3.63, 3.8) is 0 Å². The highest BCUT2D eigenvalue weighted by Crippen LogP contribution is 2.25. The summed E-state index contributed by atoms with van der Waals surface area (Å²) in [5.41, 5.74) is 3.41. The van der Waals surface area contributed by atoms with Gasteiger partial charge in [0.05, 0.1) is 16.1 Å². The number of hydrogen-bond donors (Lipinski definition) is 1. The van der Waals surface area contributed by atoms with Crippen molar-refractivity contribution in [1.29, 1.82) is 0 Å². The summed E-state index contributed by atoms with van der Waals surface area (Å²) in [6, 6.07) is 14.1. The van der Waals surface area contributed by atoms with Crippen molar-refractivity contribution in [3.05, 3.63) is 63.6 Å². The minimum absolute atomic E-state index is 0.0169. The molecule has 0 spiro atoms. The number of carbonyl (C=O) groups is 1. The second-order valence-corrected chi connectivity index (χ2v) is 8.61. The number of benzene rings is 2. The molecule has 1 saturated heterocycles. The number of amides is 1. The van der Waals surface area contributed by atoms with E-state index in [4.69, 9.17) is 23.2 Å². The fourth-order valence-electron chi connectivity index (χ4n) is 3.59. The van der Waals surface area contributed by atoms with Crippen LogP contribution in [-0.4, -0.2) is 19.0 Å². The molecule has 1 N–H and O–H groups in total. The van der Waals surface area contributed by atoms with Crippen LogP contribution >= 0.6 is 23.2 Å². The van der Waals surface area contributed by atoms with Gasteiger partial charge in [0, 0.05) is 25.2 Å². The van der Waals surface area contributed by atoms with Crippen molar-refractivity contribution in [1.82, 2.24) is 5.32 Å². The standard InChI is InChI=1S/C23H28Cl2N2O/c1-16-11-13-27(14-12-16)20-7-5-19(6-8-20)17(2)26-23(28)10-4-18-3-9-21(24)22(25)15-18/h3,5-9,15-17H,4,10-14H2,1-2H3,(H,26,28). The summed E-state index contributed by atoms with van der Waals surface area (Å²) < 4.78 is 0. The van der Waals surface area contributed by atoms with E-state index in [0.29, 0.717) is 22.9 Å². The summed E-state index contributed by atoms with van der Waals surface area (Å²) >= 11 is 12.0. The highest BCUT2D eigenvalue weighted by Gasteiger charge is 2.16. The van der Waals surface area contributed by atoms with Crippen LogP contribution in [0.2, 0.25) is 10.0 Å². The average Bonchev–Trinajstić information content (AvgIpc) is 2.69. The first-order chi connectivity index (χ1) is 13.4. The van der Waals surface area contributed by atoms with Crippen LogP contribution in [-0.2, 0) is 11.2 Å². The Morgan fingerprint density at radius 2 is 1.79 bits per heavy atom. The van der Waals surface area contributed by atoms with E-state index in [1.165, 1.54) is 18.5 Å². The zero-order valence-electron chi connectivity index (χ0n) is 16.6. The number of hydrogen-bond acceptors (Lipinski definition) is 2. The van der Waals surface area contributed by atoms with E-state index in [1.807, 2.05) is 19.1 Å². The molecule has 28 heavy (non-hydrogen) atoms. The molecular weight excluding hydrogens is 391 g/mol. The Hall–Kier alpha value is -1.71. The molecular formula is C23H28Cl2N2O. The number of nitrogens with zero attached hydrogens (tertiary/aromatic N) is 1. The first-order valence-electron chi connectivity index (χ1n) is 10.0. The smallest absolute Gasteiger partial charge is 0.220 e. The Labute approximate surface area is 178 Å². The van der Waals surface area contributed by atoms with Crippen LogP contribution < -0.4 is 10.2 Å². The van der Waals surface area contributed by atoms with Crippen molar-refractivity contribution in [2.45, 2.75) is 45.6 Å². The molecule has 0 aromatic heterocycles.